The van der Waals surface area contributed by atoms with Crippen LogP contribution in [0.25, 0.3) is 33.0 Å². The van der Waals surface area contributed by atoms with E-state index in [2.05, 4.69) is 49.2 Å². The van der Waals surface area contributed by atoms with Gasteiger partial charge in [-0.05, 0) is 60.2 Å². The van der Waals surface area contributed by atoms with Gasteiger partial charge in [0.1, 0.15) is 17.4 Å². The Kier molecular flexibility index (Phi) is 6.32. The summed E-state index contributed by atoms with van der Waals surface area (Å²) < 4.78 is 12.5. The first-order chi connectivity index (χ1) is 17.0. The number of carboxylic acids is 1. The van der Waals surface area contributed by atoms with E-state index >= 15 is 0 Å². The molecular formula is C30H29NO4. The fraction of sp³-hybridized carbons (Fsp3) is 0.233. The summed E-state index contributed by atoms with van der Waals surface area (Å²) in [6.45, 7) is 4.23. The normalized spacial score (nSPS) is 12.3. The van der Waals surface area contributed by atoms with E-state index in [1.807, 2.05) is 42.7 Å². The van der Waals surface area contributed by atoms with Crippen LogP contribution in [0.15, 0.2) is 77.4 Å². The highest BCUT2D eigenvalue weighted by molar-refractivity contribution is 5.96. The van der Waals surface area contributed by atoms with Crippen molar-refractivity contribution in [2.45, 2.75) is 45.6 Å². The van der Waals surface area contributed by atoms with Gasteiger partial charge in [-0.1, -0.05) is 49.7 Å². The van der Waals surface area contributed by atoms with Gasteiger partial charge < -0.3 is 19.2 Å². The lowest BCUT2D eigenvalue weighted by Gasteiger charge is -2.17. The molecule has 0 spiro atoms. The zero-order valence-electron chi connectivity index (χ0n) is 20.0. The fourth-order valence-electron chi connectivity index (χ4n) is 4.78. The molecule has 0 saturated heterocycles. The lowest BCUT2D eigenvalue weighted by molar-refractivity contribution is -0.136. The maximum atomic E-state index is 11.0. The van der Waals surface area contributed by atoms with E-state index in [4.69, 9.17) is 14.3 Å². The molecule has 0 amide bonds. The van der Waals surface area contributed by atoms with Gasteiger partial charge in [0.2, 0.25) is 0 Å². The lowest BCUT2D eigenvalue weighted by Crippen LogP contribution is -2.16. The zero-order chi connectivity index (χ0) is 24.4. The summed E-state index contributed by atoms with van der Waals surface area (Å²) in [7, 11) is 0. The SMILES string of the molecule is CCCc1c(OC(C)Cc2cc3cc(CC(=O)O)ccc3[nH]2)ccc2c(-c3ccccc3)coc12. The Morgan fingerprint density at radius 1 is 1.09 bits per heavy atom. The van der Waals surface area contributed by atoms with Crippen molar-refractivity contribution in [3.63, 3.8) is 0 Å². The number of fused-ring (bicyclic) bond motifs is 2. The number of aromatic amines is 1. The third-order valence-corrected chi connectivity index (χ3v) is 6.32. The first kappa shape index (κ1) is 22.8. The van der Waals surface area contributed by atoms with Gasteiger partial charge in [-0.2, -0.15) is 0 Å². The van der Waals surface area contributed by atoms with Crippen molar-refractivity contribution in [1.82, 2.24) is 4.98 Å². The van der Waals surface area contributed by atoms with Gasteiger partial charge in [0.05, 0.1) is 12.7 Å². The minimum Gasteiger partial charge on any atom is -0.490 e. The van der Waals surface area contributed by atoms with Crippen LogP contribution in [0, 0.1) is 0 Å². The van der Waals surface area contributed by atoms with Crippen LogP contribution in [-0.4, -0.2) is 22.2 Å². The van der Waals surface area contributed by atoms with Crippen molar-refractivity contribution in [1.29, 1.82) is 0 Å². The molecule has 1 unspecified atom stereocenters. The number of hydrogen-bond acceptors (Lipinski definition) is 3. The highest BCUT2D eigenvalue weighted by Gasteiger charge is 2.18. The number of rotatable bonds is 9. The third-order valence-electron chi connectivity index (χ3n) is 6.32. The van der Waals surface area contributed by atoms with E-state index < -0.39 is 5.97 Å². The first-order valence-electron chi connectivity index (χ1n) is 12.1. The lowest BCUT2D eigenvalue weighted by atomic mass is 10.0. The Bertz CT molecular complexity index is 1480. The topological polar surface area (TPSA) is 75.5 Å². The van der Waals surface area contributed by atoms with Gasteiger partial charge >= 0.3 is 5.97 Å². The number of ether oxygens (including phenoxy) is 1. The standard InChI is InChI=1S/C30H29NO4/c1-3-7-25-28(13-11-24-26(18-34-30(24)25)21-8-5-4-6-9-21)35-19(2)14-23-17-22-15-20(16-29(32)33)10-12-27(22)31-23/h4-6,8-13,15,17-19,31H,3,7,14,16H2,1-2H3,(H,32,33). The van der Waals surface area contributed by atoms with Crippen molar-refractivity contribution in [2.75, 3.05) is 0 Å². The second-order valence-corrected chi connectivity index (χ2v) is 9.10. The number of aliphatic carboxylic acids is 1. The predicted octanol–water partition coefficient (Wildman–Crippen LogP) is 7.17. The molecule has 178 valence electrons. The number of carboxylic acid groups (broad SMARTS) is 1. The summed E-state index contributed by atoms with van der Waals surface area (Å²) >= 11 is 0. The molecule has 2 aromatic heterocycles. The second kappa shape index (κ2) is 9.71. The van der Waals surface area contributed by atoms with Crippen LogP contribution >= 0.6 is 0 Å². The smallest absolute Gasteiger partial charge is 0.307 e. The molecule has 0 bridgehead atoms. The fourth-order valence-corrected chi connectivity index (χ4v) is 4.78. The Labute approximate surface area is 204 Å². The molecular weight excluding hydrogens is 438 g/mol. The summed E-state index contributed by atoms with van der Waals surface area (Å²) in [6, 6.07) is 22.3. The Morgan fingerprint density at radius 3 is 2.69 bits per heavy atom. The second-order valence-electron chi connectivity index (χ2n) is 9.10. The molecule has 5 rings (SSSR count). The van der Waals surface area contributed by atoms with Crippen molar-refractivity contribution in [2.24, 2.45) is 0 Å². The minimum atomic E-state index is -0.825. The molecule has 5 nitrogen and oxygen atoms in total. The number of carbonyl (C=O) groups is 1. The van der Waals surface area contributed by atoms with E-state index in [9.17, 15) is 4.79 Å². The highest BCUT2D eigenvalue weighted by Crippen LogP contribution is 2.37. The third kappa shape index (κ3) is 4.80. The van der Waals surface area contributed by atoms with Gasteiger partial charge in [-0.15, -0.1) is 0 Å². The van der Waals surface area contributed by atoms with Gasteiger partial charge in [0.15, 0.2) is 0 Å². The van der Waals surface area contributed by atoms with Crippen LogP contribution in [0.2, 0.25) is 0 Å². The Hall–Kier alpha value is -3.99. The number of H-pyrrole nitrogens is 1. The predicted molar refractivity (Wildman–Crippen MR) is 139 cm³/mol. The summed E-state index contributed by atoms with van der Waals surface area (Å²) in [6.07, 6.45) is 4.39. The van der Waals surface area contributed by atoms with Crippen molar-refractivity contribution in [3.8, 4) is 16.9 Å². The highest BCUT2D eigenvalue weighted by atomic mass is 16.5. The molecule has 2 heterocycles. The summed E-state index contributed by atoms with van der Waals surface area (Å²) in [5, 5.41) is 11.2. The van der Waals surface area contributed by atoms with Crippen molar-refractivity contribution < 1.29 is 19.1 Å². The van der Waals surface area contributed by atoms with Crippen LogP contribution in [0.4, 0.5) is 0 Å². The van der Waals surface area contributed by atoms with Crippen molar-refractivity contribution in [3.05, 3.63) is 89.8 Å². The summed E-state index contributed by atoms with van der Waals surface area (Å²) in [5.74, 6) is 0.0371. The Morgan fingerprint density at radius 2 is 1.91 bits per heavy atom. The first-order valence-corrected chi connectivity index (χ1v) is 12.1. The van der Waals surface area contributed by atoms with E-state index in [1.54, 1.807) is 0 Å². The van der Waals surface area contributed by atoms with Gasteiger partial charge in [0, 0.05) is 34.1 Å². The van der Waals surface area contributed by atoms with Crippen LogP contribution in [0.3, 0.4) is 0 Å². The van der Waals surface area contributed by atoms with Crippen LogP contribution in [0.5, 0.6) is 5.75 Å². The molecule has 0 saturated carbocycles. The summed E-state index contributed by atoms with van der Waals surface area (Å²) in [4.78, 5) is 14.5. The molecule has 0 radical (unpaired) electrons. The maximum absolute atomic E-state index is 11.0. The van der Waals surface area contributed by atoms with Crippen LogP contribution in [0.1, 0.15) is 37.1 Å². The van der Waals surface area contributed by atoms with E-state index in [0.29, 0.717) is 6.42 Å². The molecule has 0 fully saturated rings. The number of aryl methyl sites for hydroxylation is 1. The molecule has 35 heavy (non-hydrogen) atoms. The molecule has 1 atom stereocenters. The number of furan rings is 1. The molecule has 5 aromatic rings. The molecule has 0 aliphatic heterocycles. The largest absolute Gasteiger partial charge is 0.490 e. The summed E-state index contributed by atoms with van der Waals surface area (Å²) in [5.41, 5.74) is 7.09. The van der Waals surface area contributed by atoms with Gasteiger partial charge in [-0.25, -0.2) is 0 Å². The zero-order valence-corrected chi connectivity index (χ0v) is 20.0. The number of aromatic nitrogens is 1. The van der Waals surface area contributed by atoms with Gasteiger partial charge in [0.25, 0.3) is 0 Å². The van der Waals surface area contributed by atoms with Crippen molar-refractivity contribution >= 4 is 27.8 Å². The van der Waals surface area contributed by atoms with E-state index in [-0.39, 0.29) is 12.5 Å². The Balaban J connectivity index is 1.38. The average Bonchev–Trinajstić information content (AvgIpc) is 3.44. The molecule has 0 aliphatic rings. The van der Waals surface area contributed by atoms with E-state index in [0.717, 1.165) is 68.4 Å². The average molecular weight is 468 g/mol. The number of nitrogens with one attached hydrogen (secondary N) is 1. The molecule has 0 aliphatic carbocycles. The quantitative estimate of drug-likeness (QED) is 0.241. The molecule has 2 N–H and O–H groups in total. The van der Waals surface area contributed by atoms with Crippen LogP contribution < -0.4 is 4.74 Å². The van der Waals surface area contributed by atoms with Gasteiger partial charge in [-0.3, -0.25) is 4.79 Å². The van der Waals surface area contributed by atoms with E-state index in [1.165, 1.54) is 0 Å². The monoisotopic (exact) mass is 467 g/mol. The number of hydrogen-bond donors (Lipinski definition) is 2. The molecule has 3 aromatic carbocycles. The number of benzene rings is 3. The minimum absolute atomic E-state index is 0.0252. The molecule has 5 heteroatoms. The maximum Gasteiger partial charge on any atom is 0.307 e. The van der Waals surface area contributed by atoms with Crippen LogP contribution in [-0.2, 0) is 24.1 Å².